The molecular weight excluding hydrogens is 238 g/mol. The number of allylic oxidation sites excluding steroid dienone is 4. The van der Waals surface area contributed by atoms with E-state index >= 15 is 0 Å². The maximum absolute atomic E-state index is 2.96. The smallest absolute Gasteiger partial charge is 0.144 e. The van der Waals surface area contributed by atoms with E-state index in [2.05, 4.69) is 70.3 Å². The molecule has 0 amide bonds. The maximum atomic E-state index is 2.96. The Morgan fingerprint density at radius 1 is 1.12 bits per heavy atom. The summed E-state index contributed by atoms with van der Waals surface area (Å²) in [5.74, 6) is 0. The molecule has 1 fully saturated rings. The summed E-state index contributed by atoms with van der Waals surface area (Å²) >= 11 is 0. The summed E-state index contributed by atoms with van der Waals surface area (Å²) in [5.41, 5.74) is 2.60. The van der Waals surface area contributed by atoms with Gasteiger partial charge in [-0.15, -0.1) is 0 Å². The Balaban J connectivity index is 2.57. The highest BCUT2D eigenvalue weighted by atomic mass is 28.4. The van der Waals surface area contributed by atoms with Gasteiger partial charge in [0.05, 0.1) is 0 Å². The van der Waals surface area contributed by atoms with Gasteiger partial charge in [-0.2, -0.15) is 0 Å². The van der Waals surface area contributed by atoms with Crippen LogP contribution in [0.4, 0.5) is 0 Å². The van der Waals surface area contributed by atoms with Crippen molar-refractivity contribution in [2.75, 3.05) is 0 Å². The monoisotopic (exact) mass is 265 g/mol. The van der Waals surface area contributed by atoms with Crippen LogP contribution in [0.3, 0.4) is 0 Å². The molecule has 96 valence electrons. The summed E-state index contributed by atoms with van der Waals surface area (Å²) < 4.78 is 2.96. The minimum Gasteiger partial charge on any atom is -0.337 e. The van der Waals surface area contributed by atoms with E-state index in [0.29, 0.717) is 5.54 Å². The molecule has 1 saturated heterocycles. The lowest BCUT2D eigenvalue weighted by molar-refractivity contribution is 0.354. The van der Waals surface area contributed by atoms with Crippen molar-refractivity contribution in [3.63, 3.8) is 0 Å². The predicted octanol–water partition coefficient (Wildman–Crippen LogP) is 4.31. The van der Waals surface area contributed by atoms with E-state index in [4.69, 9.17) is 0 Å². The molecule has 0 bridgehead atoms. The molecule has 0 aromatic carbocycles. The van der Waals surface area contributed by atoms with Gasteiger partial charge in [0.1, 0.15) is 16.5 Å². The van der Waals surface area contributed by atoms with Crippen LogP contribution in [-0.4, -0.2) is 26.2 Å². The van der Waals surface area contributed by atoms with Crippen molar-refractivity contribution in [2.45, 2.75) is 65.0 Å². The fourth-order valence-electron chi connectivity index (χ4n) is 4.57. The second-order valence-corrected chi connectivity index (χ2v) is 16.7. The first kappa shape index (κ1) is 13.3. The lowest BCUT2D eigenvalue weighted by Gasteiger charge is -2.49. The van der Waals surface area contributed by atoms with Gasteiger partial charge in [0, 0.05) is 11.1 Å². The molecule has 0 radical (unpaired) electrons. The van der Waals surface area contributed by atoms with Gasteiger partial charge in [0.15, 0.2) is 0 Å². The first-order valence-corrected chi connectivity index (χ1v) is 12.7. The predicted molar refractivity (Wildman–Crippen MR) is 82.1 cm³/mol. The van der Waals surface area contributed by atoms with E-state index in [-0.39, 0.29) is 0 Å². The van der Waals surface area contributed by atoms with E-state index in [1.807, 2.05) is 0 Å². The number of nitrogens with zero attached hydrogens (tertiary/aromatic N) is 1. The Morgan fingerprint density at radius 2 is 1.65 bits per heavy atom. The Kier molecular flexibility index (Phi) is 2.71. The zero-order valence-corrected chi connectivity index (χ0v) is 14.7. The zero-order chi connectivity index (χ0) is 13.2. The molecular formula is C14H27NSi2. The molecule has 2 aliphatic rings. The quantitative estimate of drug-likeness (QED) is 0.590. The molecule has 1 aliphatic heterocycles. The molecule has 0 saturated carbocycles. The lowest BCUT2D eigenvalue weighted by Crippen LogP contribution is -2.63. The van der Waals surface area contributed by atoms with Crippen LogP contribution in [0, 0.1) is 0 Å². The van der Waals surface area contributed by atoms with Crippen molar-refractivity contribution < 1.29 is 0 Å². The topological polar surface area (TPSA) is 3.24 Å². The molecule has 0 N–H and O–H groups in total. The number of fused-ring (bicyclic) bond motifs is 1. The Hall–Kier alpha value is -0.126. The van der Waals surface area contributed by atoms with Crippen molar-refractivity contribution in [3.8, 4) is 0 Å². The summed E-state index contributed by atoms with van der Waals surface area (Å²) in [7, 11) is -2.77. The first-order valence-electron chi connectivity index (χ1n) is 6.70. The molecule has 1 aliphatic carbocycles. The van der Waals surface area contributed by atoms with Crippen molar-refractivity contribution >= 4 is 16.5 Å². The molecule has 0 aromatic heterocycles. The molecule has 2 rings (SSSR count). The van der Waals surface area contributed by atoms with Crippen molar-refractivity contribution in [2.24, 2.45) is 0 Å². The second-order valence-electron chi connectivity index (χ2n) is 7.71. The van der Waals surface area contributed by atoms with Gasteiger partial charge >= 0.3 is 0 Å². The van der Waals surface area contributed by atoms with Gasteiger partial charge in [0.2, 0.25) is 0 Å². The minimum atomic E-state index is -1.41. The minimum absolute atomic E-state index is 0.318. The highest BCUT2D eigenvalue weighted by Gasteiger charge is 2.60. The van der Waals surface area contributed by atoms with Gasteiger partial charge in [-0.05, 0) is 27.7 Å². The largest absolute Gasteiger partial charge is 0.337 e. The Morgan fingerprint density at radius 3 is 2.06 bits per heavy atom. The van der Waals surface area contributed by atoms with Gasteiger partial charge in [-0.1, -0.05) is 49.1 Å². The van der Waals surface area contributed by atoms with Crippen LogP contribution < -0.4 is 0 Å². The van der Waals surface area contributed by atoms with Crippen LogP contribution in [-0.2, 0) is 0 Å². The molecule has 17 heavy (non-hydrogen) atoms. The third-order valence-electron chi connectivity index (χ3n) is 4.42. The normalized spacial score (nSPS) is 31.2. The third-order valence-corrected chi connectivity index (χ3v) is 15.6. The molecule has 1 heterocycles. The fraction of sp³-hybridized carbons (Fsp3) is 0.714. The van der Waals surface area contributed by atoms with Crippen LogP contribution >= 0.6 is 0 Å². The molecule has 3 heteroatoms. The Bertz CT molecular complexity index is 410. The highest BCUT2D eigenvalue weighted by molar-refractivity contribution is 7.01. The van der Waals surface area contributed by atoms with Crippen LogP contribution in [0.2, 0.25) is 31.7 Å². The van der Waals surface area contributed by atoms with Crippen LogP contribution in [0.15, 0.2) is 22.9 Å². The molecule has 0 aromatic rings. The van der Waals surface area contributed by atoms with E-state index in [9.17, 15) is 0 Å². The van der Waals surface area contributed by atoms with Crippen LogP contribution in [0.25, 0.3) is 0 Å². The van der Waals surface area contributed by atoms with Crippen molar-refractivity contribution in [3.05, 3.63) is 22.9 Å². The Labute approximate surface area is 109 Å². The van der Waals surface area contributed by atoms with Crippen LogP contribution in [0.5, 0.6) is 0 Å². The average molecular weight is 266 g/mol. The van der Waals surface area contributed by atoms with E-state index < -0.39 is 16.5 Å². The van der Waals surface area contributed by atoms with Crippen molar-refractivity contribution in [1.82, 2.24) is 4.23 Å². The summed E-state index contributed by atoms with van der Waals surface area (Å²) in [6.07, 6.45) is 5.04. The molecule has 1 unspecified atom stereocenters. The summed E-state index contributed by atoms with van der Waals surface area (Å²) in [4.78, 5) is 0. The van der Waals surface area contributed by atoms with Crippen LogP contribution in [0.1, 0.15) is 27.7 Å². The summed E-state index contributed by atoms with van der Waals surface area (Å²) in [6, 6.07) is 0. The SMILES string of the molecule is CC1=CC2C(=C1)[Si](C)(C)N(C(C)(C)C)[Si]2(C)C. The second kappa shape index (κ2) is 3.46. The third kappa shape index (κ3) is 1.74. The van der Waals surface area contributed by atoms with Crippen molar-refractivity contribution in [1.29, 1.82) is 0 Å². The highest BCUT2D eigenvalue weighted by Crippen LogP contribution is 2.54. The van der Waals surface area contributed by atoms with Gasteiger partial charge in [-0.3, -0.25) is 0 Å². The van der Waals surface area contributed by atoms with E-state index in [0.717, 1.165) is 5.54 Å². The molecule has 0 spiro atoms. The number of hydrogen-bond donors (Lipinski definition) is 0. The standard InChI is InChI=1S/C14H27NSi2/c1-11-9-12-13(10-11)17(7,8)15(14(2,3)4)16(12,5)6/h9-10,12H,1-8H3. The van der Waals surface area contributed by atoms with E-state index in [1.54, 1.807) is 5.20 Å². The van der Waals surface area contributed by atoms with Gasteiger partial charge in [0.25, 0.3) is 0 Å². The van der Waals surface area contributed by atoms with Gasteiger partial charge < -0.3 is 4.23 Å². The van der Waals surface area contributed by atoms with Gasteiger partial charge in [-0.25, -0.2) is 0 Å². The number of rotatable bonds is 0. The fourth-order valence-corrected chi connectivity index (χ4v) is 20.1. The number of hydrogen-bond acceptors (Lipinski definition) is 1. The van der Waals surface area contributed by atoms with E-state index in [1.165, 1.54) is 5.57 Å². The average Bonchev–Trinajstić information content (AvgIpc) is 2.48. The lowest BCUT2D eigenvalue weighted by atomic mass is 10.1. The summed E-state index contributed by atoms with van der Waals surface area (Å²) in [5, 5.41) is 1.79. The molecule has 1 nitrogen and oxygen atoms in total. The maximum Gasteiger partial charge on any atom is 0.144 e. The molecule has 1 atom stereocenters. The first-order chi connectivity index (χ1) is 7.49. The summed E-state index contributed by atoms with van der Waals surface area (Å²) in [6.45, 7) is 19.7. The zero-order valence-electron chi connectivity index (χ0n) is 12.7.